The Hall–Kier alpha value is -0.720. The van der Waals surface area contributed by atoms with Gasteiger partial charge in [-0.3, -0.25) is 0 Å². The molecule has 0 saturated heterocycles. The van der Waals surface area contributed by atoms with E-state index in [9.17, 15) is 13.0 Å². The Morgan fingerprint density at radius 2 is 1.45 bits per heavy atom. The Morgan fingerprint density at radius 1 is 1.00 bits per heavy atom. The standard InChI is InChI=1S/C12H12N.C2H6O3S.Na/c1-3-7-12(8-4-1)11-13-9-5-2-6-10-13;1-2-6(3,4)5;/h1-10H,11H2;2H2,1H3,(H,3,4,5);/q+1;;/p-1. The third-order valence-corrected chi connectivity index (χ3v) is 3.05. The van der Waals surface area contributed by atoms with E-state index in [1.807, 2.05) is 24.3 Å². The van der Waals surface area contributed by atoms with Crippen LogP contribution in [-0.2, 0) is 16.7 Å². The molecule has 0 N–H and O–H groups in total. The number of benzene rings is 1. The minimum absolute atomic E-state index is 0. The summed E-state index contributed by atoms with van der Waals surface area (Å²) < 4.78 is 30.5. The number of hydrogen-bond acceptors (Lipinski definition) is 3. The van der Waals surface area contributed by atoms with Crippen molar-refractivity contribution in [1.29, 1.82) is 0 Å². The van der Waals surface area contributed by atoms with Crippen LogP contribution in [0.1, 0.15) is 12.5 Å². The van der Waals surface area contributed by atoms with Crippen molar-refractivity contribution in [3.63, 3.8) is 0 Å². The van der Waals surface area contributed by atoms with Crippen LogP contribution >= 0.6 is 0 Å². The molecule has 103 valence electrons. The molecule has 1 aromatic heterocycles. The van der Waals surface area contributed by atoms with Crippen molar-refractivity contribution in [3.8, 4) is 0 Å². The van der Waals surface area contributed by atoms with Gasteiger partial charge in [0.05, 0.1) is 10.1 Å². The third kappa shape index (κ3) is 9.23. The second-order valence-corrected chi connectivity index (χ2v) is 5.57. The monoisotopic (exact) mass is 302 g/mol. The molecule has 1 heterocycles. The van der Waals surface area contributed by atoms with E-state index in [1.54, 1.807) is 0 Å². The van der Waals surface area contributed by atoms with Gasteiger partial charge in [-0.2, -0.15) is 0 Å². The molecule has 0 aliphatic heterocycles. The van der Waals surface area contributed by atoms with Gasteiger partial charge in [-0.1, -0.05) is 43.3 Å². The molecule has 0 aliphatic carbocycles. The Bertz CT molecular complexity index is 536. The van der Waals surface area contributed by atoms with Crippen LogP contribution in [0.3, 0.4) is 0 Å². The molecule has 0 aliphatic rings. The molecule has 0 fully saturated rings. The molecule has 20 heavy (non-hydrogen) atoms. The first-order valence-corrected chi connectivity index (χ1v) is 7.50. The van der Waals surface area contributed by atoms with Gasteiger partial charge in [0.1, 0.15) is 0 Å². The van der Waals surface area contributed by atoms with Gasteiger partial charge in [-0.25, -0.2) is 13.0 Å². The number of rotatable bonds is 3. The van der Waals surface area contributed by atoms with E-state index in [0.29, 0.717) is 0 Å². The third-order valence-electron chi connectivity index (χ3n) is 2.34. The topological polar surface area (TPSA) is 61.1 Å². The zero-order chi connectivity index (χ0) is 14.1. The van der Waals surface area contributed by atoms with Crippen molar-refractivity contribution in [2.45, 2.75) is 13.5 Å². The molecule has 2 aromatic rings. The molecular weight excluding hydrogens is 285 g/mol. The van der Waals surface area contributed by atoms with Gasteiger partial charge in [-0.15, -0.1) is 0 Å². The van der Waals surface area contributed by atoms with Crippen molar-refractivity contribution >= 4 is 39.7 Å². The molecule has 0 atom stereocenters. The Morgan fingerprint density at radius 3 is 1.90 bits per heavy atom. The molecule has 4 nitrogen and oxygen atoms in total. The van der Waals surface area contributed by atoms with Gasteiger partial charge in [-0.05, 0) is 0 Å². The number of aromatic nitrogens is 1. The number of pyridine rings is 1. The van der Waals surface area contributed by atoms with Crippen LogP contribution in [0.5, 0.6) is 0 Å². The SMILES string of the molecule is CCS(=O)(=O)[O-].[Na].c1ccc(C[n+]2ccccc2)cc1. The maximum atomic E-state index is 9.44. The zero-order valence-corrected chi connectivity index (χ0v) is 14.6. The predicted octanol–water partition coefficient (Wildman–Crippen LogP) is 1.19. The molecule has 0 amide bonds. The van der Waals surface area contributed by atoms with E-state index < -0.39 is 10.1 Å². The minimum atomic E-state index is -3.91. The van der Waals surface area contributed by atoms with E-state index >= 15 is 0 Å². The average Bonchev–Trinajstić information content (AvgIpc) is 2.41. The first-order valence-electron chi connectivity index (χ1n) is 5.93. The fraction of sp³-hybridized carbons (Fsp3) is 0.214. The van der Waals surface area contributed by atoms with Crippen molar-refractivity contribution in [2.75, 3.05) is 5.75 Å². The second-order valence-electron chi connectivity index (χ2n) is 3.88. The van der Waals surface area contributed by atoms with E-state index in [-0.39, 0.29) is 35.3 Å². The largest absolute Gasteiger partial charge is 0.748 e. The summed E-state index contributed by atoms with van der Waals surface area (Å²) in [6, 6.07) is 16.6. The van der Waals surface area contributed by atoms with E-state index in [1.165, 1.54) is 12.5 Å². The Kier molecular flexibility index (Phi) is 9.71. The van der Waals surface area contributed by atoms with Gasteiger partial charge < -0.3 is 4.55 Å². The Labute approximate surface area is 142 Å². The zero-order valence-electron chi connectivity index (χ0n) is 11.8. The maximum Gasteiger partial charge on any atom is 0.173 e. The average molecular weight is 302 g/mol. The summed E-state index contributed by atoms with van der Waals surface area (Å²) in [5, 5.41) is 0. The minimum Gasteiger partial charge on any atom is -0.748 e. The predicted molar refractivity (Wildman–Crippen MR) is 78.2 cm³/mol. The Balaban J connectivity index is 0.000000448. The van der Waals surface area contributed by atoms with Crippen molar-refractivity contribution < 1.29 is 17.5 Å². The molecule has 0 spiro atoms. The summed E-state index contributed by atoms with van der Waals surface area (Å²) in [6.07, 6.45) is 4.15. The van der Waals surface area contributed by atoms with Crippen LogP contribution in [0.2, 0.25) is 0 Å². The molecular formula is C14H17NNaO3S. The molecule has 2 rings (SSSR count). The molecule has 6 heteroatoms. The second kappa shape index (κ2) is 10.1. The van der Waals surface area contributed by atoms with Crippen LogP contribution in [0.4, 0.5) is 0 Å². The normalized spacial score (nSPS) is 9.90. The summed E-state index contributed by atoms with van der Waals surface area (Å²) in [6.45, 7) is 2.25. The van der Waals surface area contributed by atoms with E-state index in [4.69, 9.17) is 0 Å². The van der Waals surface area contributed by atoms with Gasteiger partial charge in [0.25, 0.3) is 0 Å². The first kappa shape index (κ1) is 19.3. The summed E-state index contributed by atoms with van der Waals surface area (Å²) >= 11 is 0. The molecule has 0 unspecified atom stereocenters. The summed E-state index contributed by atoms with van der Waals surface area (Å²) in [4.78, 5) is 0. The summed E-state index contributed by atoms with van der Waals surface area (Å²) in [5.41, 5.74) is 1.33. The van der Waals surface area contributed by atoms with Crippen molar-refractivity contribution in [1.82, 2.24) is 0 Å². The molecule has 1 aromatic carbocycles. The maximum absolute atomic E-state index is 9.44. The van der Waals surface area contributed by atoms with E-state index in [2.05, 4.69) is 41.2 Å². The van der Waals surface area contributed by atoms with Crippen LogP contribution in [0.15, 0.2) is 60.9 Å². The molecule has 1 radical (unpaired) electrons. The van der Waals surface area contributed by atoms with Gasteiger partial charge in [0, 0.05) is 53.0 Å². The van der Waals surface area contributed by atoms with Gasteiger partial charge in [0.15, 0.2) is 18.9 Å². The fourth-order valence-corrected chi connectivity index (χ4v) is 1.33. The quantitative estimate of drug-likeness (QED) is 0.486. The first-order chi connectivity index (χ1) is 9.01. The molecule has 0 bridgehead atoms. The fourth-order valence-electron chi connectivity index (χ4n) is 1.33. The van der Waals surface area contributed by atoms with Crippen LogP contribution in [-0.4, -0.2) is 48.3 Å². The van der Waals surface area contributed by atoms with Crippen molar-refractivity contribution in [3.05, 3.63) is 66.5 Å². The van der Waals surface area contributed by atoms with Crippen molar-refractivity contribution in [2.24, 2.45) is 0 Å². The summed E-state index contributed by atoms with van der Waals surface area (Å²) in [7, 11) is -3.91. The van der Waals surface area contributed by atoms with Crippen LogP contribution in [0.25, 0.3) is 0 Å². The number of nitrogens with zero attached hydrogens (tertiary/aromatic N) is 1. The molecule has 0 saturated carbocycles. The summed E-state index contributed by atoms with van der Waals surface area (Å²) in [5.74, 6) is -0.312. The number of hydrogen-bond donors (Lipinski definition) is 0. The van der Waals surface area contributed by atoms with Gasteiger partial charge in [0.2, 0.25) is 0 Å². The van der Waals surface area contributed by atoms with Crippen LogP contribution < -0.4 is 4.57 Å². The van der Waals surface area contributed by atoms with Gasteiger partial charge >= 0.3 is 0 Å². The van der Waals surface area contributed by atoms with E-state index in [0.717, 1.165) is 6.54 Å². The van der Waals surface area contributed by atoms with Crippen LogP contribution in [0, 0.1) is 0 Å². The smallest absolute Gasteiger partial charge is 0.173 e.